The number of benzene rings is 1. The van der Waals surface area contributed by atoms with Crippen molar-refractivity contribution in [2.45, 2.75) is 38.5 Å². The van der Waals surface area contributed by atoms with Gasteiger partial charge < -0.3 is 4.74 Å². The van der Waals surface area contributed by atoms with E-state index in [4.69, 9.17) is 18.3 Å². The van der Waals surface area contributed by atoms with Crippen LogP contribution in [0.2, 0.25) is 0 Å². The maximum atomic E-state index is 12.1. The van der Waals surface area contributed by atoms with Gasteiger partial charge in [0, 0.05) is 11.8 Å². The van der Waals surface area contributed by atoms with E-state index in [1.54, 1.807) is 38.1 Å². The molecule has 0 aliphatic carbocycles. The summed E-state index contributed by atoms with van der Waals surface area (Å²) in [5, 5.41) is -0.101. The number of phosphoric acid groups is 1. The molecule has 0 atom stereocenters. The lowest BCUT2D eigenvalue weighted by Crippen LogP contribution is -2.09. The standard InChI is InChI=1S/C17H25O7PS/c1-4-22-25(20,23-5-2)24-13-9-8-12-21-17(19)15-10-6-7-11-16(15)26-14(3)18/h6-7,10-11H,4-5,8-9,12-13H2,1-3H3. The summed E-state index contributed by atoms with van der Waals surface area (Å²) in [5.41, 5.74) is 0.362. The number of hydrogen-bond acceptors (Lipinski definition) is 8. The third-order valence-corrected chi connectivity index (χ3v) is 5.47. The summed E-state index contributed by atoms with van der Waals surface area (Å²) < 4.78 is 32.5. The molecule has 0 aliphatic rings. The molecule has 1 aromatic rings. The van der Waals surface area contributed by atoms with Crippen molar-refractivity contribution in [3.05, 3.63) is 29.8 Å². The fourth-order valence-corrected chi connectivity index (χ4v) is 3.86. The Labute approximate surface area is 158 Å². The summed E-state index contributed by atoms with van der Waals surface area (Å²) in [5.74, 6) is -0.482. The summed E-state index contributed by atoms with van der Waals surface area (Å²) in [7, 11) is -3.50. The predicted octanol–water partition coefficient (Wildman–Crippen LogP) is 4.46. The molecule has 1 aromatic carbocycles. The molecule has 1 rings (SSSR count). The Hall–Kier alpha value is -1.18. The van der Waals surface area contributed by atoms with Crippen LogP contribution in [0, 0.1) is 0 Å². The number of unbranched alkanes of at least 4 members (excludes halogenated alkanes) is 1. The highest BCUT2D eigenvalue weighted by Crippen LogP contribution is 2.49. The Morgan fingerprint density at radius 3 is 2.23 bits per heavy atom. The number of esters is 1. The lowest BCUT2D eigenvalue weighted by atomic mass is 10.2. The first-order valence-corrected chi connectivity index (χ1v) is 10.7. The maximum Gasteiger partial charge on any atom is 0.474 e. The average molecular weight is 404 g/mol. The van der Waals surface area contributed by atoms with Gasteiger partial charge >= 0.3 is 13.8 Å². The van der Waals surface area contributed by atoms with Gasteiger partial charge in [-0.15, -0.1) is 0 Å². The molecule has 0 bridgehead atoms. The van der Waals surface area contributed by atoms with Crippen molar-refractivity contribution in [1.82, 2.24) is 0 Å². The molecule has 0 aliphatic heterocycles. The summed E-state index contributed by atoms with van der Waals surface area (Å²) in [6, 6.07) is 6.80. The van der Waals surface area contributed by atoms with E-state index in [-0.39, 0.29) is 31.5 Å². The van der Waals surface area contributed by atoms with E-state index in [1.807, 2.05) is 0 Å². The van der Waals surface area contributed by atoms with E-state index >= 15 is 0 Å². The smallest absolute Gasteiger partial charge is 0.462 e. The molecule has 0 radical (unpaired) electrons. The minimum absolute atomic E-state index is 0.101. The van der Waals surface area contributed by atoms with Crippen LogP contribution in [0.25, 0.3) is 0 Å². The third kappa shape index (κ3) is 8.47. The Bertz CT molecular complexity index is 625. The van der Waals surface area contributed by atoms with Crippen LogP contribution in [0.15, 0.2) is 29.2 Å². The minimum Gasteiger partial charge on any atom is -0.462 e. The highest BCUT2D eigenvalue weighted by molar-refractivity contribution is 8.13. The highest BCUT2D eigenvalue weighted by atomic mass is 32.2. The van der Waals surface area contributed by atoms with Crippen LogP contribution in [0.4, 0.5) is 0 Å². The van der Waals surface area contributed by atoms with Gasteiger partial charge in [0.2, 0.25) is 0 Å². The van der Waals surface area contributed by atoms with E-state index < -0.39 is 13.8 Å². The van der Waals surface area contributed by atoms with Crippen molar-refractivity contribution >= 4 is 30.7 Å². The van der Waals surface area contributed by atoms with Crippen LogP contribution in [0.1, 0.15) is 44.0 Å². The first kappa shape index (κ1) is 22.9. The number of ether oxygens (including phenoxy) is 1. The first-order valence-electron chi connectivity index (χ1n) is 8.40. The Morgan fingerprint density at radius 1 is 1.00 bits per heavy atom. The molecular weight excluding hydrogens is 379 g/mol. The maximum absolute atomic E-state index is 12.1. The van der Waals surface area contributed by atoms with Crippen molar-refractivity contribution < 1.29 is 32.5 Å². The van der Waals surface area contributed by atoms with Gasteiger partial charge in [0.05, 0.1) is 32.0 Å². The van der Waals surface area contributed by atoms with Gasteiger partial charge in [0.25, 0.3) is 0 Å². The lowest BCUT2D eigenvalue weighted by molar-refractivity contribution is -0.109. The molecule has 0 heterocycles. The van der Waals surface area contributed by atoms with E-state index in [0.717, 1.165) is 11.8 Å². The average Bonchev–Trinajstić information content (AvgIpc) is 2.58. The minimum atomic E-state index is -3.50. The predicted molar refractivity (Wildman–Crippen MR) is 99.3 cm³/mol. The molecule has 146 valence electrons. The molecule has 0 saturated heterocycles. The summed E-state index contributed by atoms with van der Waals surface area (Å²) in [6.45, 7) is 5.67. The van der Waals surface area contributed by atoms with Crippen molar-refractivity contribution in [3.8, 4) is 0 Å². The first-order chi connectivity index (χ1) is 12.4. The number of phosphoric ester groups is 1. The van der Waals surface area contributed by atoms with Gasteiger partial charge in [0.15, 0.2) is 5.12 Å². The third-order valence-electron chi connectivity index (χ3n) is 2.96. The summed E-state index contributed by atoms with van der Waals surface area (Å²) >= 11 is 0.994. The van der Waals surface area contributed by atoms with Gasteiger partial charge in [0.1, 0.15) is 0 Å². The van der Waals surface area contributed by atoms with Gasteiger partial charge in [-0.3, -0.25) is 18.4 Å². The number of thioether (sulfide) groups is 1. The molecule has 0 saturated carbocycles. The number of carbonyl (C=O) groups excluding carboxylic acids is 2. The highest BCUT2D eigenvalue weighted by Gasteiger charge is 2.24. The van der Waals surface area contributed by atoms with Crippen LogP contribution < -0.4 is 0 Å². The van der Waals surface area contributed by atoms with Crippen molar-refractivity contribution in [2.75, 3.05) is 26.4 Å². The fourth-order valence-electron chi connectivity index (χ4n) is 1.93. The molecule has 7 nitrogen and oxygen atoms in total. The lowest BCUT2D eigenvalue weighted by Gasteiger charge is -2.16. The van der Waals surface area contributed by atoms with Crippen LogP contribution in [-0.4, -0.2) is 37.5 Å². The van der Waals surface area contributed by atoms with Gasteiger partial charge in [-0.25, -0.2) is 9.36 Å². The van der Waals surface area contributed by atoms with Crippen molar-refractivity contribution in [1.29, 1.82) is 0 Å². The largest absolute Gasteiger partial charge is 0.474 e. The normalized spacial score (nSPS) is 11.3. The van der Waals surface area contributed by atoms with Crippen LogP contribution in [0.3, 0.4) is 0 Å². The molecule has 0 fully saturated rings. The van der Waals surface area contributed by atoms with E-state index in [9.17, 15) is 14.2 Å². The molecule has 0 spiro atoms. The Kier molecular flexibility index (Phi) is 10.8. The molecule has 0 unspecified atom stereocenters. The molecular formula is C17H25O7PS. The number of rotatable bonds is 12. The summed E-state index contributed by atoms with van der Waals surface area (Å²) in [6.07, 6.45) is 1.06. The number of hydrogen-bond donors (Lipinski definition) is 0. The van der Waals surface area contributed by atoms with Gasteiger partial charge in [-0.1, -0.05) is 23.9 Å². The van der Waals surface area contributed by atoms with Crippen molar-refractivity contribution in [2.24, 2.45) is 0 Å². The van der Waals surface area contributed by atoms with E-state index in [2.05, 4.69) is 0 Å². The van der Waals surface area contributed by atoms with E-state index in [0.29, 0.717) is 23.3 Å². The van der Waals surface area contributed by atoms with Crippen LogP contribution in [0.5, 0.6) is 0 Å². The van der Waals surface area contributed by atoms with Gasteiger partial charge in [-0.2, -0.15) is 0 Å². The molecule has 0 N–H and O–H groups in total. The van der Waals surface area contributed by atoms with Crippen LogP contribution >= 0.6 is 19.6 Å². The topological polar surface area (TPSA) is 88.1 Å². The quantitative estimate of drug-likeness (QED) is 0.218. The van der Waals surface area contributed by atoms with Gasteiger partial charge in [-0.05, 0) is 38.8 Å². The fraction of sp³-hybridized carbons (Fsp3) is 0.529. The molecule has 0 amide bonds. The molecule has 26 heavy (non-hydrogen) atoms. The van der Waals surface area contributed by atoms with Crippen LogP contribution in [-0.2, 0) is 27.7 Å². The second kappa shape index (κ2) is 12.3. The van der Waals surface area contributed by atoms with Crippen molar-refractivity contribution in [3.63, 3.8) is 0 Å². The zero-order valence-corrected chi connectivity index (χ0v) is 17.0. The monoisotopic (exact) mass is 404 g/mol. The second-order valence-corrected chi connectivity index (χ2v) is 7.94. The zero-order chi connectivity index (χ0) is 19.4. The summed E-state index contributed by atoms with van der Waals surface area (Å²) in [4.78, 5) is 24.0. The number of carbonyl (C=O) groups is 2. The zero-order valence-electron chi connectivity index (χ0n) is 15.3. The second-order valence-electron chi connectivity index (χ2n) is 5.05. The Morgan fingerprint density at radius 2 is 1.62 bits per heavy atom. The van der Waals surface area contributed by atoms with E-state index in [1.165, 1.54) is 6.92 Å². The molecule has 0 aromatic heterocycles. The Balaban J connectivity index is 2.37. The molecule has 9 heteroatoms. The SMILES string of the molecule is CCOP(=O)(OCC)OCCCCOC(=O)c1ccccc1SC(C)=O.